The fourth-order valence-electron chi connectivity index (χ4n) is 2.86. The summed E-state index contributed by atoms with van der Waals surface area (Å²) in [5, 5.41) is 5.25. The van der Waals surface area contributed by atoms with Crippen LogP contribution in [-0.2, 0) is 4.79 Å². The van der Waals surface area contributed by atoms with Crippen LogP contribution in [0.2, 0.25) is 0 Å². The van der Waals surface area contributed by atoms with E-state index in [9.17, 15) is 4.79 Å². The molecule has 0 fully saturated rings. The van der Waals surface area contributed by atoms with Gasteiger partial charge in [0.2, 0.25) is 0 Å². The molecule has 0 saturated carbocycles. The molecule has 4 nitrogen and oxygen atoms in total. The normalized spacial score (nSPS) is 13.2. The van der Waals surface area contributed by atoms with Gasteiger partial charge in [0.25, 0.3) is 5.91 Å². The molecule has 1 amide bonds. The lowest BCUT2D eigenvalue weighted by Crippen LogP contribution is -3.14. The molecule has 0 aliphatic carbocycles. The number of nitrogens with one attached hydrogen (secondary N) is 2. The topological polar surface area (TPSA) is 42.8 Å². The average molecular weight is 349 g/mol. The molecule has 3 aromatic rings. The fraction of sp³-hybridized carbons (Fsp3) is 0.227. The first-order chi connectivity index (χ1) is 12.6. The van der Waals surface area contributed by atoms with Crippen LogP contribution in [0.25, 0.3) is 10.8 Å². The van der Waals surface area contributed by atoms with Gasteiger partial charge in [0.15, 0.2) is 6.04 Å². The van der Waals surface area contributed by atoms with Gasteiger partial charge in [0, 0.05) is 11.1 Å². The Kier molecular flexibility index (Phi) is 5.87. The van der Waals surface area contributed by atoms with E-state index in [0.29, 0.717) is 6.61 Å². The smallest absolute Gasteiger partial charge is 0.282 e. The molecule has 0 radical (unpaired) electrons. The summed E-state index contributed by atoms with van der Waals surface area (Å²) in [5.41, 5.74) is 0.855. The van der Waals surface area contributed by atoms with Gasteiger partial charge >= 0.3 is 0 Å². The first-order valence-corrected chi connectivity index (χ1v) is 8.94. The van der Waals surface area contributed by atoms with Crippen molar-refractivity contribution < 1.29 is 14.4 Å². The van der Waals surface area contributed by atoms with Crippen molar-refractivity contribution >= 4 is 22.4 Å². The van der Waals surface area contributed by atoms with Gasteiger partial charge in [-0.05, 0) is 30.5 Å². The average Bonchev–Trinajstić information content (AvgIpc) is 2.68. The number of carbonyl (C=O) groups is 1. The number of hydrogen-bond donors (Lipinski definition) is 2. The van der Waals surface area contributed by atoms with Crippen molar-refractivity contribution in [3.8, 4) is 5.75 Å². The molecule has 3 rings (SSSR count). The second kappa shape index (κ2) is 8.50. The van der Waals surface area contributed by atoms with E-state index in [2.05, 4.69) is 5.32 Å². The number of carbonyl (C=O) groups excluding carboxylic acids is 1. The minimum Gasteiger partial charge on any atom is -0.488 e. The number of ether oxygens (including phenoxy) is 1. The highest BCUT2D eigenvalue weighted by Gasteiger charge is 2.22. The van der Waals surface area contributed by atoms with Crippen molar-refractivity contribution in [1.29, 1.82) is 0 Å². The maximum atomic E-state index is 12.7. The summed E-state index contributed by atoms with van der Waals surface area (Å²) in [6.07, 6.45) is 0. The van der Waals surface area contributed by atoms with Gasteiger partial charge in [-0.1, -0.05) is 54.6 Å². The number of rotatable bonds is 7. The van der Waals surface area contributed by atoms with Gasteiger partial charge in [0.05, 0.1) is 7.05 Å². The van der Waals surface area contributed by atoms with Crippen LogP contribution in [-0.4, -0.2) is 32.1 Å². The Balaban J connectivity index is 1.56. The predicted octanol–water partition coefficient (Wildman–Crippen LogP) is 2.76. The van der Waals surface area contributed by atoms with Crippen molar-refractivity contribution in [3.63, 3.8) is 0 Å². The largest absolute Gasteiger partial charge is 0.488 e. The Morgan fingerprint density at radius 1 is 1.00 bits per heavy atom. The van der Waals surface area contributed by atoms with E-state index < -0.39 is 0 Å². The van der Waals surface area contributed by atoms with Gasteiger partial charge < -0.3 is 15.0 Å². The van der Waals surface area contributed by atoms with Gasteiger partial charge in [-0.3, -0.25) is 4.79 Å². The van der Waals surface area contributed by atoms with E-state index in [1.165, 1.54) is 0 Å². The number of benzene rings is 3. The Morgan fingerprint density at radius 3 is 2.50 bits per heavy atom. The molecule has 0 spiro atoms. The lowest BCUT2D eigenvalue weighted by Gasteiger charge is -2.21. The SMILES string of the molecule is C[C@H](C(=O)Nc1cccc2ccccc12)[NH+](C)CCOc1ccccc1. The van der Waals surface area contributed by atoms with Crippen molar-refractivity contribution in [3.05, 3.63) is 72.8 Å². The van der Waals surface area contributed by atoms with Gasteiger partial charge in [-0.25, -0.2) is 0 Å². The van der Waals surface area contributed by atoms with Crippen molar-refractivity contribution in [2.24, 2.45) is 0 Å². The number of para-hydroxylation sites is 1. The summed E-state index contributed by atoms with van der Waals surface area (Å²) in [4.78, 5) is 13.8. The molecule has 0 bridgehead atoms. The molecule has 134 valence electrons. The second-order valence-corrected chi connectivity index (χ2v) is 6.50. The summed E-state index contributed by atoms with van der Waals surface area (Å²) in [5.74, 6) is 0.867. The number of anilines is 1. The van der Waals surface area contributed by atoms with Crippen LogP contribution in [0.15, 0.2) is 72.8 Å². The highest BCUT2D eigenvalue weighted by atomic mass is 16.5. The predicted molar refractivity (Wildman–Crippen MR) is 106 cm³/mol. The van der Waals surface area contributed by atoms with Gasteiger partial charge in [-0.15, -0.1) is 0 Å². The zero-order valence-corrected chi connectivity index (χ0v) is 15.2. The third-order valence-electron chi connectivity index (χ3n) is 4.69. The van der Waals surface area contributed by atoms with Crippen LogP contribution in [0.1, 0.15) is 6.92 Å². The summed E-state index contributed by atoms with van der Waals surface area (Å²) in [7, 11) is 2.02. The molecule has 3 aromatic carbocycles. The third kappa shape index (κ3) is 4.41. The monoisotopic (exact) mass is 349 g/mol. The van der Waals surface area contributed by atoms with Crippen LogP contribution in [0.4, 0.5) is 5.69 Å². The quantitative estimate of drug-likeness (QED) is 0.689. The molecule has 1 unspecified atom stereocenters. The van der Waals surface area contributed by atoms with Crippen LogP contribution in [0.3, 0.4) is 0 Å². The fourth-order valence-corrected chi connectivity index (χ4v) is 2.86. The van der Waals surface area contributed by atoms with E-state index in [1.54, 1.807) is 0 Å². The highest BCUT2D eigenvalue weighted by Crippen LogP contribution is 2.22. The summed E-state index contributed by atoms with van der Waals surface area (Å²) < 4.78 is 5.73. The second-order valence-electron chi connectivity index (χ2n) is 6.50. The standard InChI is InChI=1S/C22H24N2O2/c1-17(24(2)15-16-26-19-11-4-3-5-12-19)22(25)23-21-14-8-10-18-9-6-7-13-20(18)21/h3-14,17H,15-16H2,1-2H3,(H,23,25)/p+1/t17-/m1/s1. The minimum atomic E-state index is -0.173. The number of likely N-dealkylation sites (N-methyl/N-ethyl adjacent to an activating group) is 1. The first kappa shape index (κ1) is 18.0. The Morgan fingerprint density at radius 2 is 1.69 bits per heavy atom. The molecule has 4 heteroatoms. The number of quaternary nitrogens is 1. The molecule has 0 aromatic heterocycles. The molecular formula is C22H25N2O2+. The Hall–Kier alpha value is -2.85. The van der Waals surface area contributed by atoms with E-state index in [-0.39, 0.29) is 11.9 Å². The molecule has 2 atom stereocenters. The lowest BCUT2D eigenvalue weighted by atomic mass is 10.1. The zero-order valence-electron chi connectivity index (χ0n) is 15.2. The first-order valence-electron chi connectivity index (χ1n) is 8.94. The summed E-state index contributed by atoms with van der Waals surface area (Å²) in [6.45, 7) is 3.26. The van der Waals surface area contributed by atoms with E-state index >= 15 is 0 Å². The van der Waals surface area contributed by atoms with Crippen molar-refractivity contribution in [2.75, 3.05) is 25.5 Å². The Bertz CT molecular complexity index is 859. The maximum Gasteiger partial charge on any atom is 0.282 e. The number of hydrogen-bond acceptors (Lipinski definition) is 2. The van der Waals surface area contributed by atoms with E-state index in [1.807, 2.05) is 86.8 Å². The molecule has 0 heterocycles. The molecule has 0 aliphatic heterocycles. The van der Waals surface area contributed by atoms with Gasteiger partial charge in [-0.2, -0.15) is 0 Å². The molecule has 0 aliphatic rings. The van der Waals surface area contributed by atoms with Crippen molar-refractivity contribution in [1.82, 2.24) is 0 Å². The van der Waals surface area contributed by atoms with Crippen LogP contribution in [0, 0.1) is 0 Å². The number of amides is 1. The van der Waals surface area contributed by atoms with Crippen LogP contribution in [0.5, 0.6) is 5.75 Å². The van der Waals surface area contributed by atoms with Crippen LogP contribution >= 0.6 is 0 Å². The Labute approximate surface area is 154 Å². The lowest BCUT2D eigenvalue weighted by molar-refractivity contribution is -0.894. The van der Waals surface area contributed by atoms with Gasteiger partial charge in [0.1, 0.15) is 18.9 Å². The minimum absolute atomic E-state index is 0.0126. The summed E-state index contributed by atoms with van der Waals surface area (Å²) >= 11 is 0. The molecule has 2 N–H and O–H groups in total. The van der Waals surface area contributed by atoms with E-state index in [0.717, 1.165) is 33.7 Å². The zero-order chi connectivity index (χ0) is 18.4. The van der Waals surface area contributed by atoms with E-state index in [4.69, 9.17) is 4.74 Å². The third-order valence-corrected chi connectivity index (χ3v) is 4.69. The maximum absolute atomic E-state index is 12.7. The van der Waals surface area contributed by atoms with Crippen LogP contribution < -0.4 is 15.0 Å². The highest BCUT2D eigenvalue weighted by molar-refractivity contribution is 6.03. The molecular weight excluding hydrogens is 324 g/mol. The molecule has 0 saturated heterocycles. The number of fused-ring (bicyclic) bond motifs is 1. The summed E-state index contributed by atoms with van der Waals surface area (Å²) in [6, 6.07) is 23.6. The molecule has 26 heavy (non-hydrogen) atoms. The van der Waals surface area contributed by atoms with Crippen molar-refractivity contribution in [2.45, 2.75) is 13.0 Å².